The van der Waals surface area contributed by atoms with Crippen molar-refractivity contribution in [2.75, 3.05) is 17.7 Å². The van der Waals surface area contributed by atoms with Crippen LogP contribution in [0.4, 0.5) is 11.9 Å². The molecule has 0 bridgehead atoms. The lowest BCUT2D eigenvalue weighted by Gasteiger charge is -2.10. The highest BCUT2D eigenvalue weighted by molar-refractivity contribution is 5.92. The number of carbonyl (C=O) groups excluding carboxylic acids is 2. The molecule has 2 rings (SSSR count). The summed E-state index contributed by atoms with van der Waals surface area (Å²) in [5.74, 6) is 0.324. The fourth-order valence-electron chi connectivity index (χ4n) is 1.97. The molecule has 8 heteroatoms. The van der Waals surface area contributed by atoms with Crippen LogP contribution in [0.1, 0.15) is 39.1 Å². The molecule has 0 aliphatic carbocycles. The predicted molar refractivity (Wildman–Crippen MR) is 109 cm³/mol. The molecule has 2 aromatic rings. The molecule has 28 heavy (non-hydrogen) atoms. The van der Waals surface area contributed by atoms with Crippen LogP contribution in [-0.2, 0) is 9.59 Å². The van der Waals surface area contributed by atoms with E-state index in [1.165, 1.54) is 0 Å². The van der Waals surface area contributed by atoms with Crippen molar-refractivity contribution in [2.24, 2.45) is 11.8 Å². The SMILES string of the molecule is COc1ccc(/C=C/c2nc(NC(=O)C(C)C)nc(NC(=O)C(C)C)n2)cc1. The molecule has 1 heterocycles. The lowest BCUT2D eigenvalue weighted by atomic mass is 10.2. The molecule has 0 saturated carbocycles. The van der Waals surface area contributed by atoms with Crippen molar-refractivity contribution in [1.29, 1.82) is 0 Å². The minimum absolute atomic E-state index is 0.0853. The largest absolute Gasteiger partial charge is 0.497 e. The molecule has 0 atom stereocenters. The van der Waals surface area contributed by atoms with Crippen LogP contribution in [0.15, 0.2) is 24.3 Å². The third-order valence-corrected chi connectivity index (χ3v) is 3.71. The van der Waals surface area contributed by atoms with Gasteiger partial charge in [0.1, 0.15) is 5.75 Å². The van der Waals surface area contributed by atoms with Crippen molar-refractivity contribution in [3.8, 4) is 5.75 Å². The van der Waals surface area contributed by atoms with Crippen LogP contribution in [-0.4, -0.2) is 33.9 Å². The number of hydrogen-bond donors (Lipinski definition) is 2. The molecule has 148 valence electrons. The average molecular weight is 383 g/mol. The molecule has 1 aromatic heterocycles. The summed E-state index contributed by atoms with van der Waals surface area (Å²) in [6.45, 7) is 7.07. The Hall–Kier alpha value is -3.29. The van der Waals surface area contributed by atoms with E-state index in [4.69, 9.17) is 4.74 Å². The third-order valence-electron chi connectivity index (χ3n) is 3.71. The molecule has 0 radical (unpaired) electrons. The first kappa shape index (κ1) is 21.0. The van der Waals surface area contributed by atoms with Gasteiger partial charge in [0.05, 0.1) is 7.11 Å². The van der Waals surface area contributed by atoms with Crippen molar-refractivity contribution in [2.45, 2.75) is 27.7 Å². The van der Waals surface area contributed by atoms with Crippen LogP contribution < -0.4 is 15.4 Å². The maximum atomic E-state index is 12.0. The number of anilines is 2. The van der Waals surface area contributed by atoms with Gasteiger partial charge in [0, 0.05) is 11.8 Å². The molecule has 2 N–H and O–H groups in total. The van der Waals surface area contributed by atoms with Crippen LogP contribution in [0.25, 0.3) is 12.2 Å². The first-order chi connectivity index (χ1) is 13.3. The molecule has 0 saturated heterocycles. The molecule has 0 spiro atoms. The van der Waals surface area contributed by atoms with Crippen molar-refractivity contribution in [3.63, 3.8) is 0 Å². The maximum Gasteiger partial charge on any atom is 0.234 e. The van der Waals surface area contributed by atoms with Crippen LogP contribution in [0.3, 0.4) is 0 Å². The molecular weight excluding hydrogens is 358 g/mol. The topological polar surface area (TPSA) is 106 Å². The zero-order chi connectivity index (χ0) is 20.7. The second-order valence-corrected chi connectivity index (χ2v) is 6.74. The van der Waals surface area contributed by atoms with Gasteiger partial charge in [0.15, 0.2) is 5.82 Å². The summed E-state index contributed by atoms with van der Waals surface area (Å²) < 4.78 is 5.14. The number of hydrogen-bond acceptors (Lipinski definition) is 6. The highest BCUT2D eigenvalue weighted by Crippen LogP contribution is 2.15. The quantitative estimate of drug-likeness (QED) is 0.760. The monoisotopic (exact) mass is 383 g/mol. The van der Waals surface area contributed by atoms with Gasteiger partial charge >= 0.3 is 0 Å². The van der Waals surface area contributed by atoms with Crippen molar-refractivity contribution >= 4 is 35.9 Å². The molecule has 0 fully saturated rings. The van der Waals surface area contributed by atoms with Gasteiger partial charge in [0.25, 0.3) is 0 Å². The van der Waals surface area contributed by atoms with E-state index in [9.17, 15) is 9.59 Å². The summed E-state index contributed by atoms with van der Waals surface area (Å²) in [5.41, 5.74) is 0.918. The summed E-state index contributed by atoms with van der Waals surface area (Å²) in [6, 6.07) is 7.46. The minimum Gasteiger partial charge on any atom is -0.497 e. The summed E-state index contributed by atoms with van der Waals surface area (Å²) in [5, 5.41) is 5.27. The van der Waals surface area contributed by atoms with E-state index in [-0.39, 0.29) is 35.5 Å². The summed E-state index contributed by atoms with van der Waals surface area (Å²) in [6.07, 6.45) is 3.50. The maximum absolute atomic E-state index is 12.0. The minimum atomic E-state index is -0.233. The van der Waals surface area contributed by atoms with Crippen LogP contribution >= 0.6 is 0 Å². The van der Waals surface area contributed by atoms with E-state index in [1.807, 2.05) is 30.3 Å². The number of benzene rings is 1. The van der Waals surface area contributed by atoms with E-state index < -0.39 is 0 Å². The van der Waals surface area contributed by atoms with Crippen molar-refractivity contribution in [3.05, 3.63) is 35.7 Å². The molecule has 8 nitrogen and oxygen atoms in total. The molecular formula is C20H25N5O3. The zero-order valence-electron chi connectivity index (χ0n) is 16.7. The van der Waals surface area contributed by atoms with Crippen LogP contribution in [0.2, 0.25) is 0 Å². The highest BCUT2D eigenvalue weighted by Gasteiger charge is 2.14. The smallest absolute Gasteiger partial charge is 0.234 e. The fraction of sp³-hybridized carbons (Fsp3) is 0.350. The lowest BCUT2D eigenvalue weighted by Crippen LogP contribution is -2.23. The van der Waals surface area contributed by atoms with Gasteiger partial charge in [-0.3, -0.25) is 20.2 Å². The summed E-state index contributed by atoms with van der Waals surface area (Å²) in [4.78, 5) is 36.6. The Morgan fingerprint density at radius 2 is 1.36 bits per heavy atom. The average Bonchev–Trinajstić information content (AvgIpc) is 2.66. The van der Waals surface area contributed by atoms with E-state index in [2.05, 4.69) is 25.6 Å². The number of nitrogens with one attached hydrogen (secondary N) is 2. The van der Waals surface area contributed by atoms with E-state index >= 15 is 0 Å². The second-order valence-electron chi connectivity index (χ2n) is 6.74. The highest BCUT2D eigenvalue weighted by atomic mass is 16.5. The predicted octanol–water partition coefficient (Wildman–Crippen LogP) is 3.24. The normalized spacial score (nSPS) is 11.1. The Morgan fingerprint density at radius 1 is 0.857 bits per heavy atom. The molecule has 0 aliphatic rings. The van der Waals surface area contributed by atoms with Crippen molar-refractivity contribution in [1.82, 2.24) is 15.0 Å². The number of aromatic nitrogens is 3. The number of nitrogens with zero attached hydrogens (tertiary/aromatic N) is 3. The Bertz CT molecular complexity index is 820. The van der Waals surface area contributed by atoms with Gasteiger partial charge in [-0.25, -0.2) is 0 Å². The third kappa shape index (κ3) is 6.15. The first-order valence-electron chi connectivity index (χ1n) is 8.98. The lowest BCUT2D eigenvalue weighted by molar-refractivity contribution is -0.119. The Morgan fingerprint density at radius 3 is 1.79 bits per heavy atom. The molecule has 0 aliphatic heterocycles. The Labute approximate surface area is 164 Å². The van der Waals surface area contributed by atoms with Crippen molar-refractivity contribution < 1.29 is 14.3 Å². The van der Waals surface area contributed by atoms with Gasteiger partial charge in [-0.1, -0.05) is 45.9 Å². The van der Waals surface area contributed by atoms with Gasteiger partial charge < -0.3 is 4.74 Å². The molecule has 2 amide bonds. The number of amides is 2. The van der Waals surface area contributed by atoms with Gasteiger partial charge in [-0.15, -0.1) is 0 Å². The number of rotatable bonds is 7. The first-order valence-corrected chi connectivity index (χ1v) is 8.98. The summed E-state index contributed by atoms with van der Waals surface area (Å²) in [7, 11) is 1.61. The number of carbonyl (C=O) groups is 2. The fourth-order valence-corrected chi connectivity index (χ4v) is 1.97. The van der Waals surface area contributed by atoms with Gasteiger partial charge in [0.2, 0.25) is 23.7 Å². The zero-order valence-corrected chi connectivity index (χ0v) is 16.7. The molecule has 1 aromatic carbocycles. The van der Waals surface area contributed by atoms with Crippen LogP contribution in [0, 0.1) is 11.8 Å². The number of methoxy groups -OCH3 is 1. The van der Waals surface area contributed by atoms with Crippen LogP contribution in [0.5, 0.6) is 5.75 Å². The van der Waals surface area contributed by atoms with E-state index in [0.29, 0.717) is 5.82 Å². The standard InChI is InChI=1S/C20H25N5O3/c1-12(2)17(26)23-19-21-16(22-20(25-19)24-18(27)13(3)4)11-8-14-6-9-15(28-5)10-7-14/h6-13H,1-5H3,(H2,21,22,23,24,25,26,27)/b11-8+. The molecule has 0 unspecified atom stereocenters. The van der Waals surface area contributed by atoms with Gasteiger partial charge in [-0.2, -0.15) is 15.0 Å². The summed E-state index contributed by atoms with van der Waals surface area (Å²) >= 11 is 0. The number of ether oxygens (including phenoxy) is 1. The van der Waals surface area contributed by atoms with E-state index in [0.717, 1.165) is 11.3 Å². The Kier molecular flexibility index (Phi) is 7.20. The van der Waals surface area contributed by atoms with E-state index in [1.54, 1.807) is 40.9 Å². The Balaban J connectivity index is 2.30. The second kappa shape index (κ2) is 9.59. The van der Waals surface area contributed by atoms with Gasteiger partial charge in [-0.05, 0) is 23.8 Å².